The van der Waals surface area contributed by atoms with Crippen LogP contribution in [0, 0.1) is 0 Å². The van der Waals surface area contributed by atoms with Gasteiger partial charge >= 0.3 is 0 Å². The van der Waals surface area contributed by atoms with Gasteiger partial charge in [-0.05, 0) is 31.3 Å². The molecule has 6 heteroatoms. The van der Waals surface area contributed by atoms with Crippen molar-refractivity contribution in [3.8, 4) is 11.5 Å². The van der Waals surface area contributed by atoms with Crippen LogP contribution in [-0.2, 0) is 9.47 Å². The highest BCUT2D eigenvalue weighted by Gasteiger charge is 2.43. The SMILES string of the molecule is CN1CCN(CC2OC3c4ccccc4Oc4ccc(Cl)cc4C3O2)CC1. The monoisotopic (exact) mass is 386 g/mol. The maximum atomic E-state index is 6.40. The van der Waals surface area contributed by atoms with Crippen LogP contribution in [0.1, 0.15) is 23.3 Å². The van der Waals surface area contributed by atoms with Gasteiger partial charge in [-0.3, -0.25) is 4.90 Å². The van der Waals surface area contributed by atoms with E-state index >= 15 is 0 Å². The van der Waals surface area contributed by atoms with Crippen LogP contribution >= 0.6 is 11.6 Å². The van der Waals surface area contributed by atoms with Gasteiger partial charge in [0.1, 0.15) is 23.7 Å². The highest BCUT2D eigenvalue weighted by atomic mass is 35.5. The zero-order valence-corrected chi connectivity index (χ0v) is 16.1. The molecule has 0 bridgehead atoms. The van der Waals surface area contributed by atoms with Gasteiger partial charge in [0.25, 0.3) is 0 Å². The van der Waals surface area contributed by atoms with Gasteiger partial charge in [0.2, 0.25) is 0 Å². The molecule has 2 aromatic rings. The van der Waals surface area contributed by atoms with E-state index < -0.39 is 0 Å². The summed E-state index contributed by atoms with van der Waals surface area (Å²) in [7, 11) is 2.16. The maximum Gasteiger partial charge on any atom is 0.172 e. The van der Waals surface area contributed by atoms with Gasteiger partial charge in [0.15, 0.2) is 6.29 Å². The number of para-hydroxylation sites is 1. The number of fused-ring (bicyclic) bond motifs is 5. The minimum atomic E-state index is -0.263. The van der Waals surface area contributed by atoms with Crippen LogP contribution in [0.4, 0.5) is 0 Å². The third-order valence-electron chi connectivity index (χ3n) is 5.60. The molecule has 2 saturated heterocycles. The van der Waals surface area contributed by atoms with E-state index in [0.29, 0.717) is 5.02 Å². The van der Waals surface area contributed by atoms with E-state index in [1.807, 2.05) is 36.4 Å². The molecule has 0 aromatic heterocycles. The topological polar surface area (TPSA) is 34.2 Å². The van der Waals surface area contributed by atoms with Crippen molar-refractivity contribution in [2.75, 3.05) is 39.8 Å². The van der Waals surface area contributed by atoms with Crippen LogP contribution in [0.3, 0.4) is 0 Å². The molecule has 3 aliphatic rings. The Kier molecular flexibility index (Phi) is 4.58. The number of hydrogen-bond acceptors (Lipinski definition) is 5. The summed E-state index contributed by atoms with van der Waals surface area (Å²) in [6.45, 7) is 5.01. The number of rotatable bonds is 2. The van der Waals surface area contributed by atoms with E-state index in [9.17, 15) is 0 Å². The number of halogens is 1. The molecule has 2 fully saturated rings. The fourth-order valence-electron chi connectivity index (χ4n) is 4.06. The first-order chi connectivity index (χ1) is 13.2. The first-order valence-electron chi connectivity index (χ1n) is 9.45. The minimum absolute atomic E-state index is 0.196. The molecule has 3 aliphatic heterocycles. The van der Waals surface area contributed by atoms with E-state index in [0.717, 1.165) is 55.3 Å². The maximum absolute atomic E-state index is 6.40. The van der Waals surface area contributed by atoms with E-state index in [-0.39, 0.29) is 18.5 Å². The number of nitrogens with zero attached hydrogens (tertiary/aromatic N) is 2. The molecule has 0 aliphatic carbocycles. The lowest BCUT2D eigenvalue weighted by molar-refractivity contribution is -0.0883. The van der Waals surface area contributed by atoms with Gasteiger partial charge < -0.3 is 19.1 Å². The first-order valence-corrected chi connectivity index (χ1v) is 9.83. The second-order valence-corrected chi connectivity index (χ2v) is 7.91. The van der Waals surface area contributed by atoms with Crippen LogP contribution in [0.5, 0.6) is 11.5 Å². The Hall–Kier alpha value is -1.63. The molecule has 3 atom stereocenters. The molecule has 27 heavy (non-hydrogen) atoms. The predicted octanol–water partition coefficient (Wildman–Crippen LogP) is 3.85. The van der Waals surface area contributed by atoms with Crippen LogP contribution in [0.25, 0.3) is 0 Å². The van der Waals surface area contributed by atoms with E-state index in [4.69, 9.17) is 25.8 Å². The minimum Gasteiger partial charge on any atom is -0.457 e. The largest absolute Gasteiger partial charge is 0.457 e. The van der Waals surface area contributed by atoms with E-state index in [2.05, 4.69) is 22.9 Å². The fourth-order valence-corrected chi connectivity index (χ4v) is 4.24. The summed E-state index contributed by atoms with van der Waals surface area (Å²) in [5.41, 5.74) is 1.97. The summed E-state index contributed by atoms with van der Waals surface area (Å²) in [5, 5.41) is 0.674. The molecule has 5 nitrogen and oxygen atoms in total. The van der Waals surface area contributed by atoms with Crippen LogP contribution < -0.4 is 4.74 Å². The van der Waals surface area contributed by atoms with E-state index in [1.165, 1.54) is 0 Å². The van der Waals surface area contributed by atoms with Gasteiger partial charge in [-0.2, -0.15) is 0 Å². The molecule has 2 aromatic carbocycles. The summed E-state index contributed by atoms with van der Waals surface area (Å²) in [6.07, 6.45) is -0.681. The smallest absolute Gasteiger partial charge is 0.172 e. The highest BCUT2D eigenvalue weighted by Crippen LogP contribution is 2.52. The van der Waals surface area contributed by atoms with Crippen LogP contribution in [0.2, 0.25) is 5.02 Å². The van der Waals surface area contributed by atoms with Gasteiger partial charge in [-0.1, -0.05) is 29.8 Å². The van der Waals surface area contributed by atoms with Crippen LogP contribution in [-0.4, -0.2) is 55.9 Å². The molecule has 0 radical (unpaired) electrons. The number of piperazine rings is 1. The lowest BCUT2D eigenvalue weighted by atomic mass is 9.98. The molecular weight excluding hydrogens is 364 g/mol. The normalized spacial score (nSPS) is 28.0. The molecule has 0 spiro atoms. The lowest BCUT2D eigenvalue weighted by Gasteiger charge is -2.33. The van der Waals surface area contributed by atoms with Crippen molar-refractivity contribution in [2.24, 2.45) is 0 Å². The zero-order chi connectivity index (χ0) is 18.4. The van der Waals surface area contributed by atoms with Crippen molar-refractivity contribution < 1.29 is 14.2 Å². The predicted molar refractivity (Wildman–Crippen MR) is 103 cm³/mol. The van der Waals surface area contributed by atoms with Crippen molar-refractivity contribution in [2.45, 2.75) is 18.5 Å². The van der Waals surface area contributed by atoms with Crippen molar-refractivity contribution in [3.05, 3.63) is 58.6 Å². The van der Waals surface area contributed by atoms with Crippen molar-refractivity contribution in [3.63, 3.8) is 0 Å². The molecule has 0 saturated carbocycles. The van der Waals surface area contributed by atoms with Crippen LogP contribution in [0.15, 0.2) is 42.5 Å². The third kappa shape index (κ3) is 3.35. The summed E-state index contributed by atoms with van der Waals surface area (Å²) < 4.78 is 19.0. The molecule has 3 heterocycles. The lowest BCUT2D eigenvalue weighted by Crippen LogP contribution is -2.47. The number of ether oxygens (including phenoxy) is 3. The Bertz CT molecular complexity index is 838. The van der Waals surface area contributed by atoms with Gasteiger partial charge in [0, 0.05) is 48.9 Å². The van der Waals surface area contributed by atoms with Crippen molar-refractivity contribution >= 4 is 11.6 Å². The number of likely N-dealkylation sites (N-methyl/N-ethyl adjacent to an activating group) is 1. The zero-order valence-electron chi connectivity index (χ0n) is 15.3. The molecular formula is C21H23ClN2O3. The Morgan fingerprint density at radius 2 is 1.63 bits per heavy atom. The molecule has 3 unspecified atom stereocenters. The fraction of sp³-hybridized carbons (Fsp3) is 0.429. The molecule has 0 N–H and O–H groups in total. The summed E-state index contributed by atoms with van der Waals surface area (Å²) >= 11 is 6.27. The summed E-state index contributed by atoms with van der Waals surface area (Å²) in [5.74, 6) is 1.60. The Morgan fingerprint density at radius 1 is 0.926 bits per heavy atom. The van der Waals surface area contributed by atoms with E-state index in [1.54, 1.807) is 0 Å². The Balaban J connectivity index is 1.45. The quantitative estimate of drug-likeness (QED) is 0.783. The van der Waals surface area contributed by atoms with Crippen molar-refractivity contribution in [1.82, 2.24) is 9.80 Å². The summed E-state index contributed by atoms with van der Waals surface area (Å²) in [6, 6.07) is 13.7. The Labute approximate surface area is 164 Å². The summed E-state index contributed by atoms with van der Waals surface area (Å²) in [4.78, 5) is 4.76. The second-order valence-electron chi connectivity index (χ2n) is 7.47. The first kappa shape index (κ1) is 17.5. The standard InChI is InChI=1S/C21H23ClN2O3/c1-23-8-10-24(11-9-23)13-19-26-20-15-4-2-3-5-17(15)25-18-7-6-14(22)12-16(18)21(20)27-19/h2-7,12,19-21H,8-11,13H2,1H3. The second kappa shape index (κ2) is 7.08. The molecule has 142 valence electrons. The van der Waals surface area contributed by atoms with Crippen molar-refractivity contribution in [1.29, 1.82) is 0 Å². The Morgan fingerprint density at radius 3 is 2.44 bits per heavy atom. The number of hydrogen-bond donors (Lipinski definition) is 0. The highest BCUT2D eigenvalue weighted by molar-refractivity contribution is 6.30. The van der Waals surface area contributed by atoms with Gasteiger partial charge in [0.05, 0.1) is 0 Å². The number of benzene rings is 2. The average Bonchev–Trinajstić information content (AvgIpc) is 3.04. The van der Waals surface area contributed by atoms with Gasteiger partial charge in [-0.15, -0.1) is 0 Å². The molecule has 0 amide bonds. The average molecular weight is 387 g/mol. The molecule has 5 rings (SSSR count). The van der Waals surface area contributed by atoms with Gasteiger partial charge in [-0.25, -0.2) is 0 Å². The third-order valence-corrected chi connectivity index (χ3v) is 5.83.